The first-order valence-corrected chi connectivity index (χ1v) is 28.5. The van der Waals surface area contributed by atoms with E-state index in [-0.39, 0.29) is 118 Å². The highest BCUT2D eigenvalue weighted by molar-refractivity contribution is 6.01. The minimum absolute atomic E-state index is 0.0238. The van der Waals surface area contributed by atoms with Crippen molar-refractivity contribution in [2.24, 2.45) is 35.5 Å². The Morgan fingerprint density at radius 1 is 0.759 bits per heavy atom. The molecule has 0 saturated carbocycles. The molecule has 9 atom stereocenters. The van der Waals surface area contributed by atoms with Gasteiger partial charge < -0.3 is 43.4 Å². The number of methoxy groups -OCH3 is 2. The van der Waals surface area contributed by atoms with Gasteiger partial charge in [0.1, 0.15) is 11.5 Å². The van der Waals surface area contributed by atoms with Crippen LogP contribution in [-0.4, -0.2) is 202 Å². The average Bonchev–Trinajstić information content (AvgIpc) is 4.11. The molecule has 1 aromatic rings. The summed E-state index contributed by atoms with van der Waals surface area (Å²) in [5.41, 5.74) is 0.801. The van der Waals surface area contributed by atoms with Crippen LogP contribution in [0.4, 0.5) is 0 Å². The monoisotopic (exact) mass is 1120 g/mol. The lowest BCUT2D eigenvalue weighted by atomic mass is 9.83. The number of aromatic hydroxyl groups is 1. The maximum Gasteiger partial charge on any atom is 0.335 e. The van der Waals surface area contributed by atoms with E-state index in [0.29, 0.717) is 70.4 Å². The number of ether oxygens (including phenoxy) is 5. The largest absolute Gasteiger partial charge is 0.508 e. The molecule has 3 fully saturated rings. The van der Waals surface area contributed by atoms with Crippen LogP contribution in [0.3, 0.4) is 0 Å². The second-order valence-corrected chi connectivity index (χ2v) is 22.1. The minimum Gasteiger partial charge on any atom is -0.508 e. The van der Waals surface area contributed by atoms with Crippen molar-refractivity contribution < 1.29 is 76.8 Å². The predicted molar refractivity (Wildman–Crippen MR) is 291 cm³/mol. The number of carbonyl (C=O) groups excluding carboxylic acids is 8. The molecule has 0 radical (unpaired) electrons. The van der Waals surface area contributed by atoms with Gasteiger partial charge in [0.2, 0.25) is 17.7 Å². The van der Waals surface area contributed by atoms with Gasteiger partial charge in [-0.25, -0.2) is 9.86 Å². The van der Waals surface area contributed by atoms with Crippen molar-refractivity contribution in [1.82, 2.24) is 24.8 Å². The van der Waals surface area contributed by atoms with Gasteiger partial charge in [-0.1, -0.05) is 67.0 Å². The van der Waals surface area contributed by atoms with Gasteiger partial charge in [-0.15, -0.1) is 5.06 Å². The number of phenols is 1. The number of likely N-dealkylation sites (N-methyl/N-ethyl adjacent to an activating group) is 2. The molecule has 0 unspecified atom stereocenters. The number of imide groups is 1. The van der Waals surface area contributed by atoms with Crippen LogP contribution in [0.25, 0.3) is 0 Å². The van der Waals surface area contributed by atoms with E-state index >= 15 is 0 Å². The summed E-state index contributed by atoms with van der Waals surface area (Å²) in [4.78, 5) is 123. The highest BCUT2D eigenvalue weighted by Crippen LogP contribution is 2.33. The van der Waals surface area contributed by atoms with Gasteiger partial charge in [-0.05, 0) is 74.6 Å². The zero-order valence-electron chi connectivity index (χ0n) is 49.0. The molecule has 21 heteroatoms. The number of phenolic OH excluding ortho intramolecular Hbond substituents is 1. The fourth-order valence-corrected chi connectivity index (χ4v) is 11.1. The number of rotatable bonds is 36. The van der Waals surface area contributed by atoms with Gasteiger partial charge in [-0.3, -0.25) is 43.3 Å². The Labute approximate surface area is 468 Å². The first-order valence-electron chi connectivity index (χ1n) is 28.5. The van der Waals surface area contributed by atoms with Crippen LogP contribution >= 0.6 is 0 Å². The lowest BCUT2D eigenvalue weighted by molar-refractivity contribution is -0.201. The van der Waals surface area contributed by atoms with Crippen molar-refractivity contribution >= 4 is 47.1 Å². The number of Topliss-reactive ketones (excluding diaryl/α,β-unsaturated/α-hetero) is 2. The molecule has 446 valence electrons. The molecule has 79 heavy (non-hydrogen) atoms. The molecule has 21 nitrogen and oxygen atoms in total. The summed E-state index contributed by atoms with van der Waals surface area (Å²) in [7, 11) is 6.71. The maximum atomic E-state index is 14.8. The second-order valence-electron chi connectivity index (χ2n) is 22.1. The predicted octanol–water partition coefficient (Wildman–Crippen LogP) is 5.22. The smallest absolute Gasteiger partial charge is 0.335 e. The Hall–Kier alpha value is -4.90. The summed E-state index contributed by atoms with van der Waals surface area (Å²) >= 11 is 0. The van der Waals surface area contributed by atoms with Crippen molar-refractivity contribution in [3.8, 4) is 5.75 Å². The molecular weight excluding hydrogens is 1020 g/mol. The fraction of sp³-hybridized carbons (Fsp3) is 0.759. The number of benzene rings is 1. The van der Waals surface area contributed by atoms with Gasteiger partial charge in [0, 0.05) is 78.4 Å². The SMILES string of the molecule is CC[C@H](C)[C@@H]([C@@H](CC(=O)N1CCC[C@H]1[C@H](OC)[C@@H](C)C(=O)C[C@@H](Cc1ccc(O)cc1)C(=O)N1CCCCO1)OC)N(C)C(=O)[C@@H](CC(=O)[C@H](C(C)C)N(C)CCOCCOCCOCCC(=O)ON1C(=O)CCC1=O)C(C)C. The lowest BCUT2D eigenvalue weighted by Crippen LogP contribution is -2.54. The minimum atomic E-state index is -0.737. The molecule has 5 amide bonds. The van der Waals surface area contributed by atoms with E-state index in [0.717, 1.165) is 18.4 Å². The van der Waals surface area contributed by atoms with Crippen LogP contribution in [-0.2, 0) is 78.1 Å². The molecule has 0 aliphatic carbocycles. The van der Waals surface area contributed by atoms with Crippen LogP contribution in [0.1, 0.15) is 125 Å². The van der Waals surface area contributed by atoms with Crippen molar-refractivity contribution in [2.75, 3.05) is 94.2 Å². The Balaban J connectivity index is 1.31. The molecule has 3 saturated heterocycles. The van der Waals surface area contributed by atoms with E-state index < -0.39 is 65.9 Å². The quantitative estimate of drug-likeness (QED) is 0.0670. The highest BCUT2D eigenvalue weighted by Gasteiger charge is 2.44. The molecule has 3 aliphatic rings. The molecule has 0 spiro atoms. The first-order chi connectivity index (χ1) is 37.6. The zero-order valence-corrected chi connectivity index (χ0v) is 49.0. The fourth-order valence-electron chi connectivity index (χ4n) is 11.1. The average molecular weight is 1120 g/mol. The van der Waals surface area contributed by atoms with Crippen molar-refractivity contribution in [3.05, 3.63) is 29.8 Å². The standard InChI is InChI=1S/C58H93N5O16/c1-12-40(6)55(49(73-10)37-52(69)61-24-15-16-46(61)56(74-11)41(7)47(65)35-43(34-42-17-19-44(64)20-18-42)57(71)62-25-13-14-27-78-62)60(9)58(72)45(38(2)3)36-48(66)54(39(4)5)59(8)26-29-76-31-33-77-32-30-75-28-23-53(70)79-63-50(67)21-22-51(63)68/h17-20,38-41,43,45-46,49,54-56,64H,12-16,21-37H2,1-11H3/t40-,41-,43+,45-,46-,49+,54-,55-,56+/m0/s1. The maximum absolute atomic E-state index is 14.8. The van der Waals surface area contributed by atoms with E-state index in [2.05, 4.69) is 0 Å². The van der Waals surface area contributed by atoms with E-state index in [9.17, 15) is 43.5 Å². The van der Waals surface area contributed by atoms with Crippen LogP contribution in [0, 0.1) is 35.5 Å². The van der Waals surface area contributed by atoms with E-state index in [4.69, 9.17) is 33.4 Å². The van der Waals surface area contributed by atoms with Crippen LogP contribution < -0.4 is 0 Å². The van der Waals surface area contributed by atoms with E-state index in [1.807, 2.05) is 53.5 Å². The highest BCUT2D eigenvalue weighted by atomic mass is 16.7. The zero-order chi connectivity index (χ0) is 58.3. The third kappa shape index (κ3) is 19.9. The summed E-state index contributed by atoms with van der Waals surface area (Å²) in [5.74, 6) is -4.90. The summed E-state index contributed by atoms with van der Waals surface area (Å²) < 4.78 is 29.0. The number of amides is 5. The Bertz CT molecular complexity index is 2100. The van der Waals surface area contributed by atoms with Crippen LogP contribution in [0.15, 0.2) is 24.3 Å². The van der Waals surface area contributed by atoms with Gasteiger partial charge in [0.15, 0.2) is 5.78 Å². The number of likely N-dealkylation sites (tertiary alicyclic amines) is 1. The molecular formula is C58H93N5O16. The van der Waals surface area contributed by atoms with Crippen molar-refractivity contribution in [3.63, 3.8) is 0 Å². The first kappa shape index (κ1) is 66.6. The molecule has 0 bridgehead atoms. The second kappa shape index (κ2) is 33.8. The summed E-state index contributed by atoms with van der Waals surface area (Å²) in [5, 5.41) is 11.8. The number of ketones is 2. The van der Waals surface area contributed by atoms with Crippen molar-refractivity contribution in [1.29, 1.82) is 0 Å². The number of hydrogen-bond donors (Lipinski definition) is 1. The molecule has 4 rings (SSSR count). The Kier molecular flexibility index (Phi) is 28.5. The van der Waals surface area contributed by atoms with E-state index in [1.165, 1.54) is 5.06 Å². The van der Waals surface area contributed by atoms with Gasteiger partial charge in [0.05, 0.1) is 95.3 Å². The molecule has 0 aromatic heterocycles. The number of carbonyl (C=O) groups is 8. The summed E-state index contributed by atoms with van der Waals surface area (Å²) in [6.45, 7) is 16.9. The van der Waals surface area contributed by atoms with Crippen LogP contribution in [0.5, 0.6) is 5.75 Å². The van der Waals surface area contributed by atoms with Gasteiger partial charge >= 0.3 is 5.97 Å². The third-order valence-corrected chi connectivity index (χ3v) is 15.8. The normalized spacial score (nSPS) is 19.1. The molecule has 3 aliphatic heterocycles. The van der Waals surface area contributed by atoms with Gasteiger partial charge in [-0.2, -0.15) is 0 Å². The topological polar surface area (TPSA) is 238 Å². The molecule has 1 N–H and O–H groups in total. The number of nitrogens with zero attached hydrogens (tertiary/aromatic N) is 5. The molecule has 1 aromatic carbocycles. The van der Waals surface area contributed by atoms with Crippen molar-refractivity contribution in [2.45, 2.75) is 156 Å². The number of hydrogen-bond acceptors (Lipinski definition) is 17. The third-order valence-electron chi connectivity index (χ3n) is 15.8. The van der Waals surface area contributed by atoms with Crippen LogP contribution in [0.2, 0.25) is 0 Å². The van der Waals surface area contributed by atoms with E-state index in [1.54, 1.807) is 62.3 Å². The summed E-state index contributed by atoms with van der Waals surface area (Å²) in [6.07, 6.45) is 2.45. The Morgan fingerprint density at radius 3 is 1.96 bits per heavy atom. The summed E-state index contributed by atoms with van der Waals surface area (Å²) in [6, 6.07) is 5.19. The molecule has 3 heterocycles. The number of hydroxylamine groups is 4. The lowest BCUT2D eigenvalue weighted by Gasteiger charge is -2.41. The Morgan fingerprint density at radius 2 is 1.39 bits per heavy atom. The van der Waals surface area contributed by atoms with Gasteiger partial charge in [0.25, 0.3) is 11.8 Å².